The smallest absolute Gasteiger partial charge is 0.337 e. The van der Waals surface area contributed by atoms with Crippen molar-refractivity contribution in [1.82, 2.24) is 25.9 Å². The van der Waals surface area contributed by atoms with Crippen molar-refractivity contribution in [1.29, 1.82) is 0 Å². The topological polar surface area (TPSA) is 233 Å². The Bertz CT molecular complexity index is 2130. The van der Waals surface area contributed by atoms with Gasteiger partial charge in [-0.15, -0.1) is 16.8 Å². The van der Waals surface area contributed by atoms with Crippen LogP contribution in [0.5, 0.6) is 0 Å². The van der Waals surface area contributed by atoms with Gasteiger partial charge in [0.05, 0.1) is 49.5 Å². The highest BCUT2D eigenvalue weighted by molar-refractivity contribution is 8.00. The number of benzene rings is 2. The number of esters is 1. The van der Waals surface area contributed by atoms with Gasteiger partial charge < -0.3 is 35.0 Å². The van der Waals surface area contributed by atoms with E-state index in [0.717, 1.165) is 63.9 Å². The monoisotopic (exact) mass is 963 g/mol. The minimum Gasteiger partial charge on any atom is -0.465 e. The third-order valence-corrected chi connectivity index (χ3v) is 15.3. The second-order valence-electron chi connectivity index (χ2n) is 17.0. The number of nitrogens with zero attached hydrogens (tertiary/aromatic N) is 2. The Morgan fingerprint density at radius 1 is 0.806 bits per heavy atom. The highest BCUT2D eigenvalue weighted by atomic mass is 32.2. The molecule has 7 amide bonds. The number of urea groups is 1. The van der Waals surface area contributed by atoms with E-state index in [2.05, 4.69) is 16.0 Å². The molecular formula is C47H57N5O13S2. The van der Waals surface area contributed by atoms with Crippen molar-refractivity contribution in [3.05, 3.63) is 59.7 Å². The summed E-state index contributed by atoms with van der Waals surface area (Å²) in [5.74, 6) is -5.01. The molecule has 1 aliphatic carbocycles. The summed E-state index contributed by atoms with van der Waals surface area (Å²) in [5.41, 5.74) is 4.09. The van der Waals surface area contributed by atoms with E-state index in [1.165, 1.54) is 0 Å². The molecule has 5 atom stereocenters. The van der Waals surface area contributed by atoms with E-state index >= 15 is 0 Å². The second kappa shape index (κ2) is 24.1. The first kappa shape index (κ1) is 49.6. The van der Waals surface area contributed by atoms with Crippen molar-refractivity contribution in [2.24, 2.45) is 5.92 Å². The van der Waals surface area contributed by atoms with Crippen LogP contribution in [0.1, 0.15) is 87.7 Å². The van der Waals surface area contributed by atoms with Gasteiger partial charge in [0.15, 0.2) is 0 Å². The van der Waals surface area contributed by atoms with Gasteiger partial charge >= 0.3 is 18.0 Å². The van der Waals surface area contributed by atoms with Crippen molar-refractivity contribution in [2.45, 2.75) is 99.1 Å². The van der Waals surface area contributed by atoms with Gasteiger partial charge in [-0.3, -0.25) is 38.5 Å². The van der Waals surface area contributed by atoms with Crippen molar-refractivity contribution in [3.63, 3.8) is 0 Å². The van der Waals surface area contributed by atoms with Crippen LogP contribution in [0, 0.1) is 5.92 Å². The maximum Gasteiger partial charge on any atom is 0.337 e. The Morgan fingerprint density at radius 3 is 2.22 bits per heavy atom. The standard InChI is InChI=1S/C47H57N5O13S2/c53-30(8-1-6-14-37-44-36(28-67-37)49-47(61)50-44)9-7-20-62-22-23-63-21-18-48-39(54)17-19-51-42(57)25-38(45(51)59)66-27-29(46(60)65-52-40(55)15-16-41(52)56)24-43(58)64-26-35-33-12-4-2-10-31(33)32-11-3-5-13-34(32)35/h2-5,10-13,29,35-38,44H,1,6-9,14-28H2,(H,48,54)(H2,49,50,61). The number of carbonyl (C=O) groups is 9. The zero-order valence-electron chi connectivity index (χ0n) is 37.2. The predicted molar refractivity (Wildman–Crippen MR) is 245 cm³/mol. The summed E-state index contributed by atoms with van der Waals surface area (Å²) in [6, 6.07) is 16.0. The fourth-order valence-corrected chi connectivity index (χ4v) is 11.6. The summed E-state index contributed by atoms with van der Waals surface area (Å²) in [6.45, 7) is 1.35. The van der Waals surface area contributed by atoms with Gasteiger partial charge in [0, 0.05) is 80.9 Å². The molecule has 0 spiro atoms. The number of likely N-dealkylation sites (tertiary alicyclic amines) is 1. The lowest BCUT2D eigenvalue weighted by Gasteiger charge is -2.20. The van der Waals surface area contributed by atoms with Gasteiger partial charge in [-0.05, 0) is 41.5 Å². The Morgan fingerprint density at radius 2 is 1.49 bits per heavy atom. The molecule has 0 saturated carbocycles. The largest absolute Gasteiger partial charge is 0.465 e. The first-order valence-electron chi connectivity index (χ1n) is 23.0. The Balaban J connectivity index is 0.755. The van der Waals surface area contributed by atoms with Crippen LogP contribution in [0.3, 0.4) is 0 Å². The molecule has 4 saturated heterocycles. The molecule has 18 nitrogen and oxygen atoms in total. The highest BCUT2D eigenvalue weighted by Crippen LogP contribution is 2.44. The van der Waals surface area contributed by atoms with Crippen LogP contribution in [0.25, 0.3) is 11.1 Å². The number of thioether (sulfide) groups is 2. The fraction of sp³-hybridized carbons (Fsp3) is 0.553. The Kier molecular flexibility index (Phi) is 17.8. The molecule has 0 aromatic heterocycles. The van der Waals surface area contributed by atoms with E-state index < -0.39 is 53.2 Å². The maximum absolute atomic E-state index is 13.4. The van der Waals surface area contributed by atoms with Crippen molar-refractivity contribution in [2.75, 3.05) is 57.6 Å². The SMILES string of the molecule is O=C(CCCCC1SCC2NC(=O)NC21)CCCOCCOCCNC(=O)CCN1C(=O)CC(SCC(CC(=O)OCC2c3ccccc3-c3ccccc32)C(=O)ON2C(=O)CCC2=O)C1=O. The number of hydroxylamine groups is 2. The van der Waals surface area contributed by atoms with Gasteiger partial charge in [-0.2, -0.15) is 11.8 Å². The number of ketones is 1. The highest BCUT2D eigenvalue weighted by Gasteiger charge is 2.43. The Labute approximate surface area is 397 Å². The fourth-order valence-electron chi connectivity index (χ4n) is 8.85. The molecule has 4 aliphatic heterocycles. The van der Waals surface area contributed by atoms with Crippen LogP contribution in [0.4, 0.5) is 4.79 Å². The molecular weight excluding hydrogens is 907 g/mol. The molecule has 7 rings (SSSR count). The molecule has 20 heteroatoms. The van der Waals surface area contributed by atoms with E-state index in [0.29, 0.717) is 49.4 Å². The average Bonchev–Trinajstić information content (AvgIpc) is 4.11. The third-order valence-electron chi connectivity index (χ3n) is 12.4. The summed E-state index contributed by atoms with van der Waals surface area (Å²) < 4.78 is 16.8. The second-order valence-corrected chi connectivity index (χ2v) is 19.6. The number of amides is 7. The molecule has 360 valence electrons. The number of fused-ring (bicyclic) bond motifs is 4. The van der Waals surface area contributed by atoms with Gasteiger partial charge in [0.25, 0.3) is 11.8 Å². The number of hydrogen-bond donors (Lipinski definition) is 3. The molecule has 0 radical (unpaired) electrons. The van der Waals surface area contributed by atoms with Gasteiger partial charge in [-0.1, -0.05) is 55.0 Å². The Hall–Kier alpha value is -5.31. The summed E-state index contributed by atoms with van der Waals surface area (Å²) in [7, 11) is 0. The number of imide groups is 2. The van der Waals surface area contributed by atoms with Crippen molar-refractivity contribution < 1.29 is 62.2 Å². The summed E-state index contributed by atoms with van der Waals surface area (Å²) in [6.07, 6.45) is 3.37. The zero-order valence-corrected chi connectivity index (χ0v) is 38.9. The van der Waals surface area contributed by atoms with Gasteiger partial charge in [0.2, 0.25) is 17.7 Å². The molecule has 2 aromatic carbocycles. The lowest BCUT2D eigenvalue weighted by Crippen LogP contribution is -2.37. The first-order chi connectivity index (χ1) is 32.5. The molecule has 4 fully saturated rings. The molecule has 5 unspecified atom stereocenters. The van der Waals surface area contributed by atoms with Crippen LogP contribution < -0.4 is 16.0 Å². The quantitative estimate of drug-likeness (QED) is 0.0504. The van der Waals surface area contributed by atoms with Gasteiger partial charge in [-0.25, -0.2) is 9.59 Å². The third kappa shape index (κ3) is 13.2. The zero-order chi connectivity index (χ0) is 47.3. The van der Waals surface area contributed by atoms with Crippen LogP contribution in [0.2, 0.25) is 0 Å². The molecule has 0 bridgehead atoms. The van der Waals surface area contributed by atoms with Crippen LogP contribution in [-0.4, -0.2) is 143 Å². The number of unbranched alkanes of at least 4 members (excludes halogenated alkanes) is 1. The molecule has 4 heterocycles. The molecule has 2 aromatic rings. The number of nitrogens with one attached hydrogen (secondary N) is 3. The molecule has 3 N–H and O–H groups in total. The summed E-state index contributed by atoms with van der Waals surface area (Å²) in [5, 5.41) is 8.53. The number of Topliss-reactive ketones (excluding diaryl/α,β-unsaturated/α-hetero) is 1. The van der Waals surface area contributed by atoms with E-state index in [9.17, 15) is 43.2 Å². The van der Waals surface area contributed by atoms with E-state index in [1.54, 1.807) is 0 Å². The number of rotatable bonds is 27. The van der Waals surface area contributed by atoms with E-state index in [4.69, 9.17) is 19.0 Å². The van der Waals surface area contributed by atoms with Crippen molar-refractivity contribution >= 4 is 76.8 Å². The van der Waals surface area contributed by atoms with Crippen molar-refractivity contribution in [3.8, 4) is 11.1 Å². The maximum atomic E-state index is 13.4. The number of ether oxygens (including phenoxy) is 3. The van der Waals surface area contributed by atoms with E-state index in [1.807, 2.05) is 60.3 Å². The van der Waals surface area contributed by atoms with E-state index in [-0.39, 0.29) is 93.5 Å². The predicted octanol–water partition coefficient (Wildman–Crippen LogP) is 3.43. The van der Waals surface area contributed by atoms with Crippen LogP contribution in [0.15, 0.2) is 48.5 Å². The molecule has 67 heavy (non-hydrogen) atoms. The summed E-state index contributed by atoms with van der Waals surface area (Å²) in [4.78, 5) is 120. The number of carbonyl (C=O) groups excluding carboxylic acids is 9. The minimum absolute atomic E-state index is 0.00272. The molecule has 5 aliphatic rings. The summed E-state index contributed by atoms with van der Waals surface area (Å²) >= 11 is 2.85. The lowest BCUT2D eigenvalue weighted by atomic mass is 9.98. The average molecular weight is 964 g/mol. The lowest BCUT2D eigenvalue weighted by molar-refractivity contribution is -0.200. The number of hydrogen-bond acceptors (Lipinski definition) is 15. The van der Waals surface area contributed by atoms with Crippen LogP contribution in [-0.2, 0) is 57.4 Å². The normalized spacial score (nSPS) is 21.2. The van der Waals surface area contributed by atoms with Crippen LogP contribution >= 0.6 is 23.5 Å². The minimum atomic E-state index is -1.23. The first-order valence-corrected chi connectivity index (χ1v) is 25.1. The van der Waals surface area contributed by atoms with Gasteiger partial charge in [0.1, 0.15) is 12.4 Å².